The third kappa shape index (κ3) is 5.20. The summed E-state index contributed by atoms with van der Waals surface area (Å²) < 4.78 is 14.0. The lowest BCUT2D eigenvalue weighted by atomic mass is 10.1. The number of para-hydroxylation sites is 2. The Labute approximate surface area is 204 Å². The molecule has 1 aromatic heterocycles. The number of hydrogen-bond acceptors (Lipinski definition) is 3. The summed E-state index contributed by atoms with van der Waals surface area (Å²) in [6.45, 7) is 1.52. The number of carboxylic acids is 1. The van der Waals surface area contributed by atoms with Crippen molar-refractivity contribution in [1.82, 2.24) is 4.57 Å². The Balaban J connectivity index is 1.20. The van der Waals surface area contributed by atoms with E-state index >= 15 is 0 Å². The summed E-state index contributed by atoms with van der Waals surface area (Å²) in [6, 6.07) is 34.0. The zero-order chi connectivity index (χ0) is 24.0. The van der Waals surface area contributed by atoms with Crippen LogP contribution in [-0.4, -0.2) is 28.4 Å². The maximum absolute atomic E-state index is 11.7. The first kappa shape index (κ1) is 22.7. The Kier molecular flexibility index (Phi) is 6.77. The van der Waals surface area contributed by atoms with Gasteiger partial charge in [0, 0.05) is 28.2 Å². The second-order valence-electron chi connectivity index (χ2n) is 8.51. The minimum Gasteiger partial charge on any atom is -0.492 e. The molecule has 176 valence electrons. The maximum Gasteiger partial charge on any atom is 0.333 e. The van der Waals surface area contributed by atoms with Gasteiger partial charge in [-0.25, -0.2) is 4.79 Å². The van der Waals surface area contributed by atoms with Crippen molar-refractivity contribution < 1.29 is 19.4 Å². The standard InChI is InChI=1S/C30H27NO4/c32-30(33)29(35-21-23-8-2-1-3-9-23)20-22-14-16-24(17-15-22)34-19-18-31-27-12-6-4-10-25(27)26-11-5-7-13-28(26)31/h1-17,29H,18-21H2,(H,32,33). The Bertz CT molecular complexity index is 1370. The van der Waals surface area contributed by atoms with Crippen LogP contribution in [0, 0.1) is 0 Å². The number of aliphatic carboxylic acids is 1. The van der Waals surface area contributed by atoms with Gasteiger partial charge in [-0.3, -0.25) is 0 Å². The molecule has 0 fully saturated rings. The number of hydrogen-bond donors (Lipinski definition) is 1. The van der Waals surface area contributed by atoms with Gasteiger partial charge in [0.15, 0.2) is 6.10 Å². The van der Waals surface area contributed by atoms with Crippen LogP contribution < -0.4 is 4.74 Å². The van der Waals surface area contributed by atoms with Gasteiger partial charge in [-0.15, -0.1) is 0 Å². The van der Waals surface area contributed by atoms with Crippen LogP contribution in [0.2, 0.25) is 0 Å². The smallest absolute Gasteiger partial charge is 0.333 e. The maximum atomic E-state index is 11.7. The molecule has 0 saturated carbocycles. The number of fused-ring (bicyclic) bond motifs is 3. The van der Waals surface area contributed by atoms with Gasteiger partial charge in [0.1, 0.15) is 12.4 Å². The van der Waals surface area contributed by atoms with Crippen LogP contribution in [-0.2, 0) is 29.1 Å². The van der Waals surface area contributed by atoms with Crippen LogP contribution in [0.4, 0.5) is 0 Å². The lowest BCUT2D eigenvalue weighted by molar-refractivity contribution is -0.151. The Morgan fingerprint density at radius 3 is 1.97 bits per heavy atom. The number of carbonyl (C=O) groups is 1. The minimum absolute atomic E-state index is 0.266. The summed E-state index contributed by atoms with van der Waals surface area (Å²) in [5.41, 5.74) is 4.23. The van der Waals surface area contributed by atoms with Gasteiger partial charge in [-0.1, -0.05) is 78.9 Å². The van der Waals surface area contributed by atoms with Crippen LogP contribution in [0.1, 0.15) is 11.1 Å². The summed E-state index contributed by atoms with van der Waals surface area (Å²) in [5.74, 6) is -0.209. The molecule has 0 aliphatic carbocycles. The molecule has 0 amide bonds. The topological polar surface area (TPSA) is 60.7 Å². The van der Waals surface area contributed by atoms with E-state index in [0.29, 0.717) is 13.0 Å². The molecule has 5 heteroatoms. The van der Waals surface area contributed by atoms with E-state index < -0.39 is 12.1 Å². The van der Waals surface area contributed by atoms with E-state index in [1.54, 1.807) is 0 Å². The van der Waals surface area contributed by atoms with E-state index in [-0.39, 0.29) is 6.61 Å². The van der Waals surface area contributed by atoms with Crippen molar-refractivity contribution in [2.45, 2.75) is 25.7 Å². The van der Waals surface area contributed by atoms with Crippen LogP contribution in [0.15, 0.2) is 103 Å². The van der Waals surface area contributed by atoms with Gasteiger partial charge in [-0.2, -0.15) is 0 Å². The van der Waals surface area contributed by atoms with Crippen molar-refractivity contribution in [3.05, 3.63) is 114 Å². The van der Waals surface area contributed by atoms with Crippen molar-refractivity contribution >= 4 is 27.8 Å². The molecule has 0 saturated heterocycles. The van der Waals surface area contributed by atoms with Gasteiger partial charge >= 0.3 is 5.97 Å². The summed E-state index contributed by atoms with van der Waals surface area (Å²) >= 11 is 0. The molecule has 0 bridgehead atoms. The Hall–Kier alpha value is -4.09. The van der Waals surface area contributed by atoms with E-state index in [0.717, 1.165) is 23.4 Å². The SMILES string of the molecule is O=C(O)C(Cc1ccc(OCCn2c3ccccc3c3ccccc32)cc1)OCc1ccccc1. The first-order chi connectivity index (χ1) is 17.2. The highest BCUT2D eigenvalue weighted by molar-refractivity contribution is 6.07. The molecule has 5 nitrogen and oxygen atoms in total. The van der Waals surface area contributed by atoms with Crippen molar-refractivity contribution in [2.24, 2.45) is 0 Å². The number of carboxylic acid groups (broad SMARTS) is 1. The number of nitrogens with zero attached hydrogens (tertiary/aromatic N) is 1. The first-order valence-corrected chi connectivity index (χ1v) is 11.7. The molecule has 1 heterocycles. The number of ether oxygens (including phenoxy) is 2. The molecule has 35 heavy (non-hydrogen) atoms. The average Bonchev–Trinajstić information content (AvgIpc) is 3.22. The number of aromatic nitrogens is 1. The molecule has 1 unspecified atom stereocenters. The molecule has 5 aromatic rings. The second kappa shape index (κ2) is 10.5. The molecular formula is C30H27NO4. The minimum atomic E-state index is -0.965. The zero-order valence-electron chi connectivity index (χ0n) is 19.3. The quantitative estimate of drug-likeness (QED) is 0.271. The van der Waals surface area contributed by atoms with Crippen molar-refractivity contribution in [1.29, 1.82) is 0 Å². The van der Waals surface area contributed by atoms with Gasteiger partial charge in [0.05, 0.1) is 13.2 Å². The third-order valence-electron chi connectivity index (χ3n) is 6.18. The highest BCUT2D eigenvalue weighted by Gasteiger charge is 2.19. The molecule has 4 aromatic carbocycles. The largest absolute Gasteiger partial charge is 0.492 e. The predicted molar refractivity (Wildman–Crippen MR) is 138 cm³/mol. The van der Waals surface area contributed by atoms with Gasteiger partial charge in [0.25, 0.3) is 0 Å². The fourth-order valence-electron chi connectivity index (χ4n) is 4.42. The molecule has 0 aliphatic rings. The zero-order valence-corrected chi connectivity index (χ0v) is 19.3. The number of benzene rings is 4. The van der Waals surface area contributed by atoms with E-state index in [4.69, 9.17) is 9.47 Å². The molecule has 5 rings (SSSR count). The van der Waals surface area contributed by atoms with E-state index in [1.165, 1.54) is 21.8 Å². The van der Waals surface area contributed by atoms with Crippen LogP contribution >= 0.6 is 0 Å². The highest BCUT2D eigenvalue weighted by atomic mass is 16.5. The van der Waals surface area contributed by atoms with Gasteiger partial charge in [0.2, 0.25) is 0 Å². The third-order valence-corrected chi connectivity index (χ3v) is 6.18. The second-order valence-corrected chi connectivity index (χ2v) is 8.51. The summed E-state index contributed by atoms with van der Waals surface area (Å²) in [7, 11) is 0. The highest BCUT2D eigenvalue weighted by Crippen LogP contribution is 2.28. The molecule has 0 spiro atoms. The van der Waals surface area contributed by atoms with Crippen molar-refractivity contribution in [3.8, 4) is 5.75 Å². The Morgan fingerprint density at radius 1 is 0.743 bits per heavy atom. The van der Waals surface area contributed by atoms with Gasteiger partial charge < -0.3 is 19.1 Å². The number of rotatable bonds is 10. The van der Waals surface area contributed by atoms with Crippen LogP contribution in [0.5, 0.6) is 5.75 Å². The van der Waals surface area contributed by atoms with E-state index in [1.807, 2.05) is 54.6 Å². The summed E-state index contributed by atoms with van der Waals surface area (Å²) in [6.07, 6.45) is -0.610. The van der Waals surface area contributed by atoms with Crippen LogP contribution in [0.3, 0.4) is 0 Å². The Morgan fingerprint density at radius 2 is 1.34 bits per heavy atom. The van der Waals surface area contributed by atoms with Crippen LogP contribution in [0.25, 0.3) is 21.8 Å². The average molecular weight is 466 g/mol. The molecule has 1 atom stereocenters. The van der Waals surface area contributed by atoms with E-state index in [2.05, 4.69) is 53.1 Å². The molecular weight excluding hydrogens is 438 g/mol. The normalized spacial score (nSPS) is 12.1. The lowest BCUT2D eigenvalue weighted by Crippen LogP contribution is -2.26. The van der Waals surface area contributed by atoms with Gasteiger partial charge in [-0.05, 0) is 35.4 Å². The predicted octanol–water partition coefficient (Wildman–Crippen LogP) is 6.09. The summed E-state index contributed by atoms with van der Waals surface area (Å²) in [5, 5.41) is 12.1. The molecule has 0 aliphatic heterocycles. The first-order valence-electron chi connectivity index (χ1n) is 11.7. The fourth-order valence-corrected chi connectivity index (χ4v) is 4.42. The molecule has 1 N–H and O–H groups in total. The monoisotopic (exact) mass is 465 g/mol. The van der Waals surface area contributed by atoms with E-state index in [9.17, 15) is 9.90 Å². The van der Waals surface area contributed by atoms with Crippen molar-refractivity contribution in [2.75, 3.05) is 6.61 Å². The lowest BCUT2D eigenvalue weighted by Gasteiger charge is -2.14. The van der Waals surface area contributed by atoms with Crippen molar-refractivity contribution in [3.63, 3.8) is 0 Å². The molecule has 0 radical (unpaired) electrons. The fraction of sp³-hybridized carbons (Fsp3) is 0.167. The summed E-state index contributed by atoms with van der Waals surface area (Å²) in [4.78, 5) is 11.7.